The number of carbonyl (C=O) groups excluding carboxylic acids is 2. The third kappa shape index (κ3) is 4.23. The van der Waals surface area contributed by atoms with E-state index in [2.05, 4.69) is 34.5 Å². The Hall–Kier alpha value is -3.06. The number of para-hydroxylation sites is 1. The van der Waals surface area contributed by atoms with Crippen molar-refractivity contribution in [3.8, 4) is 0 Å². The number of anilines is 2. The largest absolute Gasteiger partial charge is 0.459 e. The van der Waals surface area contributed by atoms with Gasteiger partial charge in [0, 0.05) is 31.9 Å². The topological polar surface area (TPSA) is 65.8 Å². The first-order chi connectivity index (χ1) is 15.2. The second-order valence-electron chi connectivity index (χ2n) is 8.16. The maximum atomic E-state index is 12.9. The Morgan fingerprint density at radius 3 is 2.68 bits per heavy atom. The van der Waals surface area contributed by atoms with Crippen molar-refractivity contribution in [2.75, 3.05) is 36.4 Å². The van der Waals surface area contributed by atoms with Gasteiger partial charge in [0.05, 0.1) is 16.1 Å². The molecule has 0 bridgehead atoms. The monoisotopic (exact) mass is 435 g/mol. The number of rotatable bonds is 5. The maximum Gasteiger partial charge on any atom is 0.291 e. The normalized spacial score (nSPS) is 16.4. The van der Waals surface area contributed by atoms with Gasteiger partial charge in [-0.25, -0.2) is 0 Å². The molecule has 0 radical (unpaired) electrons. The highest BCUT2D eigenvalue weighted by molar-refractivity contribution is 7.18. The summed E-state index contributed by atoms with van der Waals surface area (Å²) in [5, 5.41) is 3.43. The Kier molecular flexibility index (Phi) is 5.51. The van der Waals surface area contributed by atoms with E-state index < -0.39 is 0 Å². The lowest BCUT2D eigenvalue weighted by atomic mass is 9.96. The first-order valence-corrected chi connectivity index (χ1v) is 11.6. The van der Waals surface area contributed by atoms with Crippen LogP contribution < -0.4 is 10.2 Å². The summed E-state index contributed by atoms with van der Waals surface area (Å²) in [6, 6.07) is 15.5. The van der Waals surface area contributed by atoms with Crippen LogP contribution in [0.1, 0.15) is 38.6 Å². The molecule has 4 heterocycles. The number of nitrogens with one attached hydrogen (secondary N) is 1. The molecule has 1 saturated heterocycles. The fourth-order valence-electron chi connectivity index (χ4n) is 4.48. The molecule has 6 nitrogen and oxygen atoms in total. The van der Waals surface area contributed by atoms with Crippen LogP contribution in [0, 0.1) is 5.92 Å². The molecule has 2 amide bonds. The van der Waals surface area contributed by atoms with Crippen molar-refractivity contribution >= 4 is 33.8 Å². The van der Waals surface area contributed by atoms with Gasteiger partial charge in [0.25, 0.3) is 11.8 Å². The Labute approximate surface area is 185 Å². The molecule has 1 N–H and O–H groups in total. The summed E-state index contributed by atoms with van der Waals surface area (Å²) in [4.78, 5) is 30.2. The average molecular weight is 436 g/mol. The van der Waals surface area contributed by atoms with Crippen molar-refractivity contribution in [1.82, 2.24) is 4.90 Å². The van der Waals surface area contributed by atoms with E-state index in [0.717, 1.165) is 45.4 Å². The molecule has 7 heteroatoms. The summed E-state index contributed by atoms with van der Waals surface area (Å²) < 4.78 is 5.11. The van der Waals surface area contributed by atoms with Crippen LogP contribution >= 0.6 is 11.3 Å². The van der Waals surface area contributed by atoms with Crippen LogP contribution in [0.2, 0.25) is 0 Å². The van der Waals surface area contributed by atoms with Crippen molar-refractivity contribution in [3.05, 3.63) is 71.0 Å². The van der Waals surface area contributed by atoms with Crippen molar-refractivity contribution in [3.63, 3.8) is 0 Å². The molecule has 2 aromatic heterocycles. The average Bonchev–Trinajstić information content (AvgIpc) is 3.56. The highest BCUT2D eigenvalue weighted by Crippen LogP contribution is 2.31. The molecule has 160 valence electrons. The van der Waals surface area contributed by atoms with Gasteiger partial charge in [-0.1, -0.05) is 18.2 Å². The Balaban J connectivity index is 1.14. The Bertz CT molecular complexity index is 1070. The molecule has 0 aliphatic carbocycles. The summed E-state index contributed by atoms with van der Waals surface area (Å²) in [5.74, 6) is 0.606. The Morgan fingerprint density at radius 1 is 1.03 bits per heavy atom. The van der Waals surface area contributed by atoms with Gasteiger partial charge in [0.15, 0.2) is 5.76 Å². The smallest absolute Gasteiger partial charge is 0.291 e. The minimum Gasteiger partial charge on any atom is -0.459 e. The molecule has 3 aromatic rings. The van der Waals surface area contributed by atoms with Gasteiger partial charge in [-0.15, -0.1) is 11.3 Å². The fourth-order valence-corrected chi connectivity index (χ4v) is 5.35. The number of furan rings is 1. The fraction of sp³-hybridized carbons (Fsp3) is 0.333. The standard InChI is InChI=1S/C24H25N3O3S/c28-23(20-6-3-15-30-20)25-22-8-7-21(31-22)24(29)26-12-9-17(10-13-26)16-27-14-11-18-4-1-2-5-19(18)27/h1-8,15,17H,9-14,16H2,(H,25,28). The lowest BCUT2D eigenvalue weighted by Crippen LogP contribution is -2.41. The highest BCUT2D eigenvalue weighted by atomic mass is 32.1. The SMILES string of the molecule is O=C(Nc1ccc(C(=O)N2CCC(CN3CCc4ccccc43)CC2)s1)c1ccco1. The van der Waals surface area contributed by atoms with E-state index in [0.29, 0.717) is 15.8 Å². The summed E-state index contributed by atoms with van der Waals surface area (Å²) in [7, 11) is 0. The van der Waals surface area contributed by atoms with Crippen LogP contribution in [0.5, 0.6) is 0 Å². The predicted octanol–water partition coefficient (Wildman–Crippen LogP) is 4.51. The van der Waals surface area contributed by atoms with Gasteiger partial charge >= 0.3 is 0 Å². The molecule has 0 spiro atoms. The third-order valence-corrected chi connectivity index (χ3v) is 7.15. The number of piperidine rings is 1. The van der Waals surface area contributed by atoms with E-state index in [1.54, 1.807) is 24.3 Å². The van der Waals surface area contributed by atoms with Gasteiger partial charge in [-0.3, -0.25) is 9.59 Å². The van der Waals surface area contributed by atoms with Crippen molar-refractivity contribution in [2.24, 2.45) is 5.92 Å². The minimum absolute atomic E-state index is 0.0495. The first-order valence-electron chi connectivity index (χ1n) is 10.7. The second kappa shape index (κ2) is 8.59. The summed E-state index contributed by atoms with van der Waals surface area (Å²) >= 11 is 1.31. The lowest BCUT2D eigenvalue weighted by Gasteiger charge is -2.34. The predicted molar refractivity (Wildman–Crippen MR) is 122 cm³/mol. The van der Waals surface area contributed by atoms with Crippen LogP contribution in [-0.2, 0) is 6.42 Å². The Morgan fingerprint density at radius 2 is 1.87 bits per heavy atom. The summed E-state index contributed by atoms with van der Waals surface area (Å²) in [6.07, 6.45) is 4.64. The zero-order valence-corrected chi connectivity index (χ0v) is 18.1. The van der Waals surface area contributed by atoms with Crippen LogP contribution in [0.25, 0.3) is 0 Å². The number of hydrogen-bond acceptors (Lipinski definition) is 5. The molecule has 31 heavy (non-hydrogen) atoms. The van der Waals surface area contributed by atoms with Gasteiger partial charge in [-0.05, 0) is 61.1 Å². The number of likely N-dealkylation sites (tertiary alicyclic amines) is 1. The summed E-state index contributed by atoms with van der Waals surface area (Å²) in [6.45, 7) is 3.73. The van der Waals surface area contributed by atoms with Gasteiger partial charge < -0.3 is 19.5 Å². The zero-order chi connectivity index (χ0) is 21.2. The maximum absolute atomic E-state index is 12.9. The zero-order valence-electron chi connectivity index (χ0n) is 17.3. The number of carbonyl (C=O) groups is 2. The van der Waals surface area contributed by atoms with Crippen molar-refractivity contribution in [1.29, 1.82) is 0 Å². The van der Waals surface area contributed by atoms with Crippen LogP contribution in [-0.4, -0.2) is 42.9 Å². The van der Waals surface area contributed by atoms with E-state index in [4.69, 9.17) is 4.42 Å². The molecular formula is C24H25N3O3S. The van der Waals surface area contributed by atoms with Gasteiger partial charge in [-0.2, -0.15) is 0 Å². The second-order valence-corrected chi connectivity index (χ2v) is 9.24. The number of fused-ring (bicyclic) bond motifs is 1. The van der Waals surface area contributed by atoms with Gasteiger partial charge in [0.2, 0.25) is 0 Å². The number of amides is 2. The number of hydrogen-bond donors (Lipinski definition) is 1. The van der Waals surface area contributed by atoms with E-state index in [9.17, 15) is 9.59 Å². The molecule has 2 aliphatic rings. The summed E-state index contributed by atoms with van der Waals surface area (Å²) in [5.41, 5.74) is 2.83. The molecule has 1 aromatic carbocycles. The van der Waals surface area contributed by atoms with E-state index in [-0.39, 0.29) is 17.6 Å². The quantitative estimate of drug-likeness (QED) is 0.640. The van der Waals surface area contributed by atoms with Crippen LogP contribution in [0.3, 0.4) is 0 Å². The highest BCUT2D eigenvalue weighted by Gasteiger charge is 2.28. The van der Waals surface area contributed by atoms with Crippen LogP contribution in [0.15, 0.2) is 59.2 Å². The molecule has 0 unspecified atom stereocenters. The van der Waals surface area contributed by atoms with E-state index in [1.807, 2.05) is 4.90 Å². The van der Waals surface area contributed by atoms with Crippen molar-refractivity contribution in [2.45, 2.75) is 19.3 Å². The molecule has 5 rings (SSSR count). The number of thiophene rings is 1. The third-order valence-electron chi connectivity index (χ3n) is 6.16. The van der Waals surface area contributed by atoms with Crippen molar-refractivity contribution < 1.29 is 14.0 Å². The van der Waals surface area contributed by atoms with Gasteiger partial charge in [0.1, 0.15) is 0 Å². The number of benzene rings is 1. The molecule has 0 atom stereocenters. The molecule has 2 aliphatic heterocycles. The molecule has 1 fully saturated rings. The lowest BCUT2D eigenvalue weighted by molar-refractivity contribution is 0.0697. The van der Waals surface area contributed by atoms with E-state index in [1.165, 1.54) is 28.9 Å². The molecule has 0 saturated carbocycles. The number of nitrogens with zero attached hydrogens (tertiary/aromatic N) is 2. The first kappa shape index (κ1) is 19.9. The van der Waals surface area contributed by atoms with E-state index >= 15 is 0 Å². The molecular weight excluding hydrogens is 410 g/mol. The van der Waals surface area contributed by atoms with Crippen LogP contribution in [0.4, 0.5) is 10.7 Å². The minimum atomic E-state index is -0.310.